The van der Waals surface area contributed by atoms with Crippen LogP contribution in [0.15, 0.2) is 73.1 Å². The fourth-order valence-electron chi connectivity index (χ4n) is 3.40. The molecule has 1 fully saturated rings. The van der Waals surface area contributed by atoms with E-state index >= 15 is 0 Å². The molecule has 0 radical (unpaired) electrons. The van der Waals surface area contributed by atoms with Crippen LogP contribution in [0.25, 0.3) is 22.3 Å². The molecule has 2 aromatic heterocycles. The topological polar surface area (TPSA) is 110 Å². The molecule has 2 aromatic carbocycles. The number of carbonyl (C=O) groups is 2. The van der Waals surface area contributed by atoms with Crippen LogP contribution < -0.4 is 4.74 Å². The summed E-state index contributed by atoms with van der Waals surface area (Å²) in [7, 11) is 0. The zero-order valence-corrected chi connectivity index (χ0v) is 22.0. The fourth-order valence-corrected chi connectivity index (χ4v) is 3.86. The van der Waals surface area contributed by atoms with Crippen LogP contribution >= 0.6 is 34.8 Å². The minimum atomic E-state index is -1.04. The normalized spacial score (nSPS) is 12.3. The maximum absolute atomic E-state index is 11.1. The molecule has 1 aliphatic rings. The summed E-state index contributed by atoms with van der Waals surface area (Å²) in [6, 6.07) is 17.2. The van der Waals surface area contributed by atoms with Crippen LogP contribution in [0, 0.1) is 5.92 Å². The van der Waals surface area contributed by atoms with Gasteiger partial charge in [-0.3, -0.25) is 0 Å². The van der Waals surface area contributed by atoms with Crippen molar-refractivity contribution < 1.29 is 24.5 Å². The Morgan fingerprint density at radius 1 is 0.763 bits per heavy atom. The smallest absolute Gasteiger partial charge is 0.337 e. The Morgan fingerprint density at radius 3 is 1.74 bits per heavy atom. The number of carboxylic acid groups (broad SMARTS) is 2. The lowest BCUT2D eigenvalue weighted by molar-refractivity contribution is 0.0685. The highest BCUT2D eigenvalue weighted by atomic mass is 35.5. The second-order valence-corrected chi connectivity index (χ2v) is 9.75. The minimum Gasteiger partial charge on any atom is -0.478 e. The third kappa shape index (κ3) is 7.22. The number of rotatable bonds is 7. The monoisotopic (exact) mass is 570 g/mol. The van der Waals surface area contributed by atoms with Crippen LogP contribution in [0.1, 0.15) is 33.6 Å². The van der Waals surface area contributed by atoms with Gasteiger partial charge >= 0.3 is 11.9 Å². The van der Waals surface area contributed by atoms with Crippen molar-refractivity contribution in [3.05, 3.63) is 99.4 Å². The first kappa shape index (κ1) is 27.4. The first-order valence-electron chi connectivity index (χ1n) is 11.5. The lowest BCUT2D eigenvalue weighted by atomic mass is 10.1. The molecule has 0 spiro atoms. The fraction of sp³-hybridized carbons (Fsp3) is 0.143. The summed E-state index contributed by atoms with van der Waals surface area (Å²) >= 11 is 17.6. The van der Waals surface area contributed by atoms with Gasteiger partial charge in [0, 0.05) is 33.6 Å². The summed E-state index contributed by atoms with van der Waals surface area (Å²) < 4.78 is 5.74. The van der Waals surface area contributed by atoms with Gasteiger partial charge in [0.05, 0.1) is 17.7 Å². The lowest BCUT2D eigenvalue weighted by Crippen LogP contribution is -2.05. The molecule has 0 saturated heterocycles. The van der Waals surface area contributed by atoms with Gasteiger partial charge in [-0.2, -0.15) is 0 Å². The Kier molecular flexibility index (Phi) is 8.84. The van der Waals surface area contributed by atoms with Crippen molar-refractivity contribution in [1.29, 1.82) is 0 Å². The molecule has 5 rings (SSSR count). The van der Waals surface area contributed by atoms with Crippen molar-refractivity contribution >= 4 is 46.7 Å². The summed E-state index contributed by atoms with van der Waals surface area (Å²) in [6.07, 6.45) is 4.92. The standard InChI is InChI=1S/C16H14ClNO3.C12H7Cl2NO2/c17-13-5-3-11(4-6-13)14-7-12(16(19)20)8-18-15(14)21-9-10-1-2-10;13-9-3-1-7(2-4-9)10-5-8(12(16)17)6-15-11(10)14/h3-8,10H,1-2,9H2,(H,19,20);1-6H,(H,16,17). The van der Waals surface area contributed by atoms with Crippen molar-refractivity contribution in [3.8, 4) is 28.1 Å². The molecule has 194 valence electrons. The quantitative estimate of drug-likeness (QED) is 0.219. The zero-order valence-electron chi connectivity index (χ0n) is 19.8. The molecule has 2 N–H and O–H groups in total. The van der Waals surface area contributed by atoms with E-state index in [-0.39, 0.29) is 16.3 Å². The van der Waals surface area contributed by atoms with E-state index in [9.17, 15) is 9.59 Å². The first-order chi connectivity index (χ1) is 18.2. The third-order valence-corrected chi connectivity index (χ3v) is 6.45. The van der Waals surface area contributed by atoms with Gasteiger partial charge in [-0.25, -0.2) is 19.6 Å². The van der Waals surface area contributed by atoms with Crippen LogP contribution in [-0.4, -0.2) is 38.7 Å². The first-order valence-corrected chi connectivity index (χ1v) is 12.6. The highest BCUT2D eigenvalue weighted by Crippen LogP contribution is 2.34. The second-order valence-electron chi connectivity index (χ2n) is 8.52. The van der Waals surface area contributed by atoms with Crippen molar-refractivity contribution in [2.24, 2.45) is 5.92 Å². The Hall–Kier alpha value is -3.65. The minimum absolute atomic E-state index is 0.0966. The summed E-state index contributed by atoms with van der Waals surface area (Å²) in [6.45, 7) is 0.625. The predicted octanol–water partition coefficient (Wildman–Crippen LogP) is 7.64. The van der Waals surface area contributed by atoms with Gasteiger partial charge in [-0.1, -0.05) is 59.1 Å². The van der Waals surface area contributed by atoms with Crippen LogP contribution in [0.4, 0.5) is 0 Å². The molecule has 7 nitrogen and oxygen atoms in total. The van der Waals surface area contributed by atoms with E-state index in [0.717, 1.165) is 11.1 Å². The molecule has 0 unspecified atom stereocenters. The molecule has 0 atom stereocenters. The molecule has 2 heterocycles. The van der Waals surface area contributed by atoms with E-state index in [1.807, 2.05) is 12.1 Å². The van der Waals surface area contributed by atoms with Crippen molar-refractivity contribution in [3.63, 3.8) is 0 Å². The summed E-state index contributed by atoms with van der Waals surface area (Å²) in [5.41, 5.74) is 3.09. The number of ether oxygens (including phenoxy) is 1. The van der Waals surface area contributed by atoms with E-state index in [4.69, 9.17) is 49.8 Å². The predicted molar refractivity (Wildman–Crippen MR) is 147 cm³/mol. The molecular formula is C28H21Cl3N2O5. The van der Waals surface area contributed by atoms with Crippen molar-refractivity contribution in [1.82, 2.24) is 9.97 Å². The Balaban J connectivity index is 0.000000181. The van der Waals surface area contributed by atoms with Gasteiger partial charge in [0.25, 0.3) is 0 Å². The third-order valence-electron chi connectivity index (χ3n) is 5.65. The van der Waals surface area contributed by atoms with E-state index in [1.165, 1.54) is 31.3 Å². The number of carboxylic acids is 2. The number of benzene rings is 2. The maximum Gasteiger partial charge on any atom is 0.337 e. The van der Waals surface area contributed by atoms with E-state index in [0.29, 0.717) is 39.6 Å². The van der Waals surface area contributed by atoms with Crippen LogP contribution in [0.3, 0.4) is 0 Å². The van der Waals surface area contributed by atoms with Gasteiger partial charge < -0.3 is 14.9 Å². The summed E-state index contributed by atoms with van der Waals surface area (Å²) in [5, 5.41) is 19.5. The van der Waals surface area contributed by atoms with Gasteiger partial charge in [0.2, 0.25) is 5.88 Å². The van der Waals surface area contributed by atoms with E-state index in [2.05, 4.69) is 9.97 Å². The number of nitrogens with zero attached hydrogens (tertiary/aromatic N) is 2. The molecular weight excluding hydrogens is 551 g/mol. The number of pyridine rings is 2. The Labute approximate surface area is 233 Å². The maximum atomic E-state index is 11.1. The highest BCUT2D eigenvalue weighted by molar-refractivity contribution is 6.32. The number of aromatic nitrogens is 2. The molecule has 10 heteroatoms. The molecule has 4 aromatic rings. The largest absolute Gasteiger partial charge is 0.478 e. The zero-order chi connectivity index (χ0) is 27.2. The SMILES string of the molecule is O=C(O)c1cnc(Cl)c(-c2ccc(Cl)cc2)c1.O=C(O)c1cnc(OCC2CC2)c(-c2ccc(Cl)cc2)c1. The molecule has 0 amide bonds. The van der Waals surface area contributed by atoms with Crippen LogP contribution in [0.2, 0.25) is 15.2 Å². The van der Waals surface area contributed by atoms with Gasteiger partial charge in [0.1, 0.15) is 5.15 Å². The lowest BCUT2D eigenvalue weighted by Gasteiger charge is -2.11. The molecule has 38 heavy (non-hydrogen) atoms. The van der Waals surface area contributed by atoms with Crippen molar-refractivity contribution in [2.45, 2.75) is 12.8 Å². The number of aromatic carboxylic acids is 2. The molecule has 0 aliphatic heterocycles. The molecule has 1 aliphatic carbocycles. The summed E-state index contributed by atoms with van der Waals surface area (Å²) in [4.78, 5) is 30.0. The van der Waals surface area contributed by atoms with E-state index in [1.54, 1.807) is 42.5 Å². The Bertz CT molecular complexity index is 1460. The van der Waals surface area contributed by atoms with Gasteiger partial charge in [-0.05, 0) is 66.3 Å². The highest BCUT2D eigenvalue weighted by Gasteiger charge is 2.23. The molecule has 0 bridgehead atoms. The second kappa shape index (κ2) is 12.3. The number of halogens is 3. The summed E-state index contributed by atoms with van der Waals surface area (Å²) in [5.74, 6) is -0.978. The number of hydrogen-bond acceptors (Lipinski definition) is 5. The van der Waals surface area contributed by atoms with E-state index < -0.39 is 11.9 Å². The van der Waals surface area contributed by atoms with Gasteiger partial charge in [0.15, 0.2) is 0 Å². The van der Waals surface area contributed by atoms with Crippen LogP contribution in [0.5, 0.6) is 5.88 Å². The van der Waals surface area contributed by atoms with Crippen molar-refractivity contribution in [2.75, 3.05) is 6.61 Å². The van der Waals surface area contributed by atoms with Gasteiger partial charge in [-0.15, -0.1) is 0 Å². The average Bonchev–Trinajstić information content (AvgIpc) is 3.74. The molecule has 1 saturated carbocycles. The Morgan fingerprint density at radius 2 is 1.24 bits per heavy atom. The number of hydrogen-bond donors (Lipinski definition) is 2. The van der Waals surface area contributed by atoms with Crippen LogP contribution in [-0.2, 0) is 0 Å². The average molecular weight is 572 g/mol.